The van der Waals surface area contributed by atoms with Crippen LogP contribution in [0.4, 0.5) is 11.4 Å². The zero-order valence-electron chi connectivity index (χ0n) is 23.5. The van der Waals surface area contributed by atoms with Crippen LogP contribution in [0, 0.1) is 5.92 Å². The van der Waals surface area contributed by atoms with E-state index in [-0.39, 0.29) is 11.4 Å². The van der Waals surface area contributed by atoms with Crippen molar-refractivity contribution in [3.05, 3.63) is 59.7 Å². The Labute approximate surface area is 235 Å². The van der Waals surface area contributed by atoms with Crippen molar-refractivity contribution in [1.29, 1.82) is 0 Å². The zero-order chi connectivity index (χ0) is 28.0. The van der Waals surface area contributed by atoms with E-state index in [0.717, 1.165) is 43.4 Å². The summed E-state index contributed by atoms with van der Waals surface area (Å²) in [4.78, 5) is 13.7. The van der Waals surface area contributed by atoms with Gasteiger partial charge in [0.25, 0.3) is 5.91 Å². The molecule has 9 heteroatoms. The van der Waals surface area contributed by atoms with Gasteiger partial charge in [-0.1, -0.05) is 44.2 Å². The molecular formula is C30H46N4O4S. The predicted molar refractivity (Wildman–Crippen MR) is 162 cm³/mol. The molecule has 6 N–H and O–H groups in total. The molecule has 1 heterocycles. The summed E-state index contributed by atoms with van der Waals surface area (Å²) in [7, 11) is -2.93. The molecule has 8 nitrogen and oxygen atoms in total. The molecule has 2 unspecified atom stereocenters. The van der Waals surface area contributed by atoms with E-state index in [1.807, 2.05) is 43.3 Å². The third-order valence-corrected chi connectivity index (χ3v) is 9.59. The molecular weight excluding hydrogens is 512 g/mol. The van der Waals surface area contributed by atoms with Crippen molar-refractivity contribution < 1.29 is 19.0 Å². The highest BCUT2D eigenvalue weighted by atomic mass is 32.3. The second kappa shape index (κ2) is 12.9. The summed E-state index contributed by atoms with van der Waals surface area (Å²) in [6, 6.07) is 14.8. The molecule has 2 atom stereocenters. The van der Waals surface area contributed by atoms with Crippen LogP contribution in [0.1, 0.15) is 68.8 Å². The fraction of sp³-hybridized carbons (Fsp3) is 0.567. The average Bonchev–Trinajstić information content (AvgIpc) is 3.66. The Balaban J connectivity index is 1.54. The number of carbonyl (C=O) groups is 1. The number of aliphatic hydroxyl groups is 1. The van der Waals surface area contributed by atoms with E-state index in [1.165, 1.54) is 0 Å². The molecule has 4 rings (SSSR count). The van der Waals surface area contributed by atoms with Crippen molar-refractivity contribution in [2.75, 3.05) is 35.0 Å². The van der Waals surface area contributed by atoms with Crippen LogP contribution in [0.25, 0.3) is 0 Å². The third kappa shape index (κ3) is 8.11. The van der Waals surface area contributed by atoms with Gasteiger partial charge < -0.3 is 21.1 Å². The second-order valence-corrected chi connectivity index (χ2v) is 13.7. The van der Waals surface area contributed by atoms with Crippen LogP contribution in [-0.2, 0) is 6.42 Å². The van der Waals surface area contributed by atoms with Crippen molar-refractivity contribution >= 4 is 28.1 Å². The number of aliphatic hydroxyl groups excluding tert-OH is 1. The summed E-state index contributed by atoms with van der Waals surface area (Å²) < 4.78 is 23.1. The van der Waals surface area contributed by atoms with Crippen molar-refractivity contribution in [2.45, 2.75) is 77.0 Å². The quantitative estimate of drug-likeness (QED) is 0.199. The van der Waals surface area contributed by atoms with Gasteiger partial charge in [0.15, 0.2) is 0 Å². The Morgan fingerprint density at radius 1 is 1.10 bits per heavy atom. The van der Waals surface area contributed by atoms with Gasteiger partial charge >= 0.3 is 0 Å². The first-order valence-electron chi connectivity index (χ1n) is 14.3. The molecule has 1 saturated carbocycles. The number of nitrogens with zero attached hydrogens (tertiary/aromatic N) is 1. The first kappa shape index (κ1) is 29.7. The molecule has 0 spiro atoms. The Morgan fingerprint density at radius 2 is 1.85 bits per heavy atom. The van der Waals surface area contributed by atoms with Crippen molar-refractivity contribution in [1.82, 2.24) is 10.6 Å². The van der Waals surface area contributed by atoms with E-state index in [4.69, 9.17) is 0 Å². The van der Waals surface area contributed by atoms with E-state index in [1.54, 1.807) is 16.4 Å². The zero-order valence-corrected chi connectivity index (χ0v) is 24.3. The van der Waals surface area contributed by atoms with Crippen molar-refractivity contribution in [3.63, 3.8) is 0 Å². The molecule has 2 fully saturated rings. The molecule has 216 valence electrons. The van der Waals surface area contributed by atoms with Gasteiger partial charge in [0.05, 0.1) is 23.6 Å². The third-order valence-electron chi connectivity index (χ3n) is 7.65. The molecule has 1 aliphatic heterocycles. The normalized spacial score (nSPS) is 20.2. The van der Waals surface area contributed by atoms with Gasteiger partial charge in [-0.3, -0.25) is 18.2 Å². The van der Waals surface area contributed by atoms with Crippen molar-refractivity contribution in [2.24, 2.45) is 5.92 Å². The van der Waals surface area contributed by atoms with Crippen molar-refractivity contribution in [3.8, 4) is 0 Å². The number of hydrogen-bond donors (Lipinski definition) is 6. The van der Waals surface area contributed by atoms with Gasteiger partial charge in [0, 0.05) is 36.4 Å². The fourth-order valence-electron chi connectivity index (χ4n) is 5.55. The maximum atomic E-state index is 13.7. The Kier molecular flexibility index (Phi) is 9.82. The minimum absolute atomic E-state index is 0.101. The summed E-state index contributed by atoms with van der Waals surface area (Å²) in [5, 5.41) is 21.3. The number of carbonyl (C=O) groups excluding carboxylic acids is 1. The number of rotatable bonds is 13. The van der Waals surface area contributed by atoms with E-state index in [2.05, 4.69) is 29.8 Å². The lowest BCUT2D eigenvalue weighted by Gasteiger charge is -2.47. The highest BCUT2D eigenvalue weighted by Gasteiger charge is 2.43. The molecule has 1 aliphatic carbocycles. The lowest BCUT2D eigenvalue weighted by molar-refractivity contribution is 0.0820. The number of anilines is 2. The molecule has 0 radical (unpaired) electrons. The first-order chi connectivity index (χ1) is 18.6. The van der Waals surface area contributed by atoms with Crippen LogP contribution in [0.15, 0.2) is 48.5 Å². The number of β-amino-alcohol motifs (C(OH)–C–C–N with tert-alkyl or cyclic N) is 1. The molecule has 2 aromatic rings. The molecule has 0 bridgehead atoms. The van der Waals surface area contributed by atoms with Crippen LogP contribution < -0.4 is 20.3 Å². The average molecular weight is 559 g/mol. The molecule has 1 saturated heterocycles. The van der Waals surface area contributed by atoms with Crippen LogP contribution in [0.3, 0.4) is 0 Å². The van der Waals surface area contributed by atoms with Gasteiger partial charge in [-0.2, -0.15) is 0 Å². The Morgan fingerprint density at radius 3 is 2.49 bits per heavy atom. The summed E-state index contributed by atoms with van der Waals surface area (Å²) >= 11 is 0. The maximum absolute atomic E-state index is 13.7. The largest absolute Gasteiger partial charge is 0.390 e. The number of hydrogen-bond acceptors (Lipinski definition) is 7. The number of amides is 1. The summed E-state index contributed by atoms with van der Waals surface area (Å²) in [5.74, 6) is 0.609. The highest BCUT2D eigenvalue weighted by molar-refractivity contribution is 8.25. The molecule has 39 heavy (non-hydrogen) atoms. The fourth-order valence-corrected chi connectivity index (χ4v) is 7.23. The minimum atomic E-state index is -2.93. The van der Waals surface area contributed by atoms with Gasteiger partial charge in [0.1, 0.15) is 0 Å². The Bertz CT molecular complexity index is 1090. The van der Waals surface area contributed by atoms with Crippen LogP contribution in [0.5, 0.6) is 0 Å². The van der Waals surface area contributed by atoms with E-state index >= 15 is 0 Å². The van der Waals surface area contributed by atoms with E-state index in [9.17, 15) is 19.0 Å². The van der Waals surface area contributed by atoms with Gasteiger partial charge in [-0.15, -0.1) is 10.8 Å². The first-order valence-corrected chi connectivity index (χ1v) is 16.0. The molecule has 1 amide bonds. The van der Waals surface area contributed by atoms with Gasteiger partial charge in [0.2, 0.25) is 0 Å². The van der Waals surface area contributed by atoms with Crippen LogP contribution >= 0.6 is 10.8 Å². The SMILES string of the molecule is CCNc1cc(C(=O)NC(Cc2ccccc2)C(O)CNC2(CC(C)C)CC2)cc(N2CCCCS2(O)O)c1. The highest BCUT2D eigenvalue weighted by Crippen LogP contribution is 2.50. The van der Waals surface area contributed by atoms with E-state index < -0.39 is 22.9 Å². The lowest BCUT2D eigenvalue weighted by Crippen LogP contribution is -2.50. The topological polar surface area (TPSA) is 117 Å². The predicted octanol–water partition coefficient (Wildman–Crippen LogP) is 5.25. The van der Waals surface area contributed by atoms with Gasteiger partial charge in [-0.25, -0.2) is 0 Å². The smallest absolute Gasteiger partial charge is 0.251 e. The number of nitrogens with one attached hydrogen (secondary N) is 3. The standard InChI is InChI=1S/C30H46N4O4S/c1-4-31-25-17-24(18-26(19-25)34-14-8-9-15-39(34,37)38)29(36)33-27(16-23-10-6-5-7-11-23)28(35)21-32-30(12-13-30)20-22(2)3/h5-7,10-11,17-19,22,27-28,31-32,35,37-38H,4,8-9,12-16,20-21H2,1-3H3,(H,33,36). The second-order valence-electron chi connectivity index (χ2n) is 11.5. The Hall–Kier alpha value is -2.30. The summed E-state index contributed by atoms with van der Waals surface area (Å²) in [5.41, 5.74) is 2.91. The van der Waals surface area contributed by atoms with Crippen LogP contribution in [-0.4, -0.2) is 63.2 Å². The lowest BCUT2D eigenvalue weighted by atomic mass is 9.98. The maximum Gasteiger partial charge on any atom is 0.251 e. The summed E-state index contributed by atoms with van der Waals surface area (Å²) in [6.07, 6.45) is 4.66. The monoisotopic (exact) mass is 558 g/mol. The van der Waals surface area contributed by atoms with E-state index in [0.29, 0.717) is 49.0 Å². The molecule has 2 aliphatic rings. The van der Waals surface area contributed by atoms with Crippen LogP contribution in [0.2, 0.25) is 0 Å². The summed E-state index contributed by atoms with van der Waals surface area (Å²) in [6.45, 7) is 8.01. The number of benzene rings is 2. The molecule has 2 aromatic carbocycles. The van der Waals surface area contributed by atoms with Gasteiger partial charge in [-0.05, 0) is 75.1 Å². The molecule has 0 aromatic heterocycles. The minimum Gasteiger partial charge on any atom is -0.390 e.